The Balaban J connectivity index is 2.51. The molecule has 1 atom stereocenters. The maximum absolute atomic E-state index is 13.6. The van der Waals surface area contributed by atoms with Crippen LogP contribution in [0.1, 0.15) is 22.8 Å². The maximum atomic E-state index is 13.6. The molecule has 2 rings (SSSR count). The van der Waals surface area contributed by atoms with Crippen LogP contribution in [-0.4, -0.2) is 5.11 Å². The highest BCUT2D eigenvalue weighted by Crippen LogP contribution is 2.29. The molecule has 0 bridgehead atoms. The largest absolute Gasteiger partial charge is 0.384 e. The number of halogens is 3. The molecule has 2 aromatic rings. The van der Waals surface area contributed by atoms with E-state index in [0.29, 0.717) is 5.56 Å². The molecule has 0 saturated heterocycles. The monoisotopic (exact) mass is 360 g/mol. The van der Waals surface area contributed by atoms with E-state index >= 15 is 0 Å². The summed E-state index contributed by atoms with van der Waals surface area (Å²) in [6.45, 7) is 1.90. The van der Waals surface area contributed by atoms with Crippen molar-refractivity contribution < 1.29 is 13.9 Å². The minimum Gasteiger partial charge on any atom is -0.384 e. The second kappa shape index (κ2) is 5.32. The van der Waals surface area contributed by atoms with Crippen molar-refractivity contribution in [3.05, 3.63) is 68.3 Å². The van der Waals surface area contributed by atoms with E-state index < -0.39 is 17.7 Å². The van der Waals surface area contributed by atoms with Gasteiger partial charge in [0.05, 0.1) is 0 Å². The van der Waals surface area contributed by atoms with Crippen molar-refractivity contribution in [3.63, 3.8) is 0 Å². The van der Waals surface area contributed by atoms with E-state index in [1.165, 1.54) is 0 Å². The Morgan fingerprint density at radius 2 is 1.83 bits per heavy atom. The minimum absolute atomic E-state index is 0.0430. The van der Waals surface area contributed by atoms with Crippen molar-refractivity contribution in [2.75, 3.05) is 0 Å². The number of hydrogen-bond acceptors (Lipinski definition) is 1. The van der Waals surface area contributed by atoms with Crippen molar-refractivity contribution in [3.8, 4) is 0 Å². The third kappa shape index (κ3) is 2.54. The fourth-order valence-corrected chi connectivity index (χ4v) is 2.43. The fourth-order valence-electron chi connectivity index (χ4n) is 1.77. The van der Waals surface area contributed by atoms with E-state index in [1.807, 2.05) is 13.0 Å². The molecule has 0 spiro atoms. The minimum atomic E-state index is -1.16. The van der Waals surface area contributed by atoms with Crippen LogP contribution in [0.5, 0.6) is 0 Å². The highest BCUT2D eigenvalue weighted by atomic mass is 127. The van der Waals surface area contributed by atoms with Crippen LogP contribution in [0.4, 0.5) is 8.78 Å². The first-order valence-electron chi connectivity index (χ1n) is 5.38. The van der Waals surface area contributed by atoms with Crippen LogP contribution in [-0.2, 0) is 0 Å². The van der Waals surface area contributed by atoms with Gasteiger partial charge in [0.25, 0.3) is 0 Å². The van der Waals surface area contributed by atoms with E-state index in [4.69, 9.17) is 0 Å². The molecule has 2 aromatic carbocycles. The number of hydrogen-bond donors (Lipinski definition) is 1. The van der Waals surface area contributed by atoms with Gasteiger partial charge in [0.2, 0.25) is 0 Å². The molecular weight excluding hydrogens is 349 g/mol. The average molecular weight is 360 g/mol. The molecule has 0 saturated carbocycles. The Hall–Kier alpha value is -1.01. The summed E-state index contributed by atoms with van der Waals surface area (Å²) >= 11 is 2.09. The Morgan fingerprint density at radius 3 is 2.56 bits per heavy atom. The number of aliphatic hydroxyl groups is 1. The fraction of sp³-hybridized carbons (Fsp3) is 0.143. The summed E-state index contributed by atoms with van der Waals surface area (Å²) in [5, 5.41) is 10.2. The molecule has 94 valence electrons. The van der Waals surface area contributed by atoms with Gasteiger partial charge in [-0.25, -0.2) is 8.78 Å². The molecule has 1 N–H and O–H groups in total. The van der Waals surface area contributed by atoms with Crippen LogP contribution in [0.25, 0.3) is 0 Å². The summed E-state index contributed by atoms with van der Waals surface area (Å²) in [6.07, 6.45) is -1.16. The highest BCUT2D eigenvalue weighted by Gasteiger charge is 2.18. The first-order chi connectivity index (χ1) is 8.50. The summed E-state index contributed by atoms with van der Waals surface area (Å²) in [7, 11) is 0. The Labute approximate surface area is 118 Å². The highest BCUT2D eigenvalue weighted by molar-refractivity contribution is 14.1. The quantitative estimate of drug-likeness (QED) is 0.804. The van der Waals surface area contributed by atoms with Crippen LogP contribution in [0.3, 0.4) is 0 Å². The van der Waals surface area contributed by atoms with Crippen molar-refractivity contribution in [1.29, 1.82) is 0 Å². The van der Waals surface area contributed by atoms with Gasteiger partial charge in [-0.15, -0.1) is 0 Å². The molecular formula is C14H11F2IO. The van der Waals surface area contributed by atoms with Crippen LogP contribution in [0, 0.1) is 22.1 Å². The molecule has 0 fully saturated rings. The molecule has 4 heteroatoms. The van der Waals surface area contributed by atoms with Crippen LogP contribution < -0.4 is 0 Å². The smallest absolute Gasteiger partial charge is 0.129 e. The Kier molecular flexibility index (Phi) is 3.97. The lowest BCUT2D eigenvalue weighted by atomic mass is 9.99. The second-order valence-electron chi connectivity index (χ2n) is 4.05. The molecule has 0 aliphatic rings. The Morgan fingerprint density at radius 1 is 1.11 bits per heavy atom. The number of rotatable bonds is 2. The lowest BCUT2D eigenvalue weighted by Gasteiger charge is -2.15. The van der Waals surface area contributed by atoms with Gasteiger partial charge in [-0.3, -0.25) is 0 Å². The van der Waals surface area contributed by atoms with Gasteiger partial charge in [0.1, 0.15) is 17.7 Å². The first kappa shape index (κ1) is 13.4. The number of benzene rings is 2. The van der Waals surface area contributed by atoms with E-state index in [9.17, 15) is 13.9 Å². The summed E-state index contributed by atoms with van der Waals surface area (Å²) in [4.78, 5) is 0. The molecule has 0 aromatic heterocycles. The molecule has 0 aliphatic carbocycles. The molecule has 1 unspecified atom stereocenters. The number of aryl methyl sites for hydroxylation is 1. The van der Waals surface area contributed by atoms with Gasteiger partial charge in [-0.1, -0.05) is 18.2 Å². The van der Waals surface area contributed by atoms with E-state index in [2.05, 4.69) is 22.6 Å². The van der Waals surface area contributed by atoms with E-state index in [1.54, 1.807) is 12.1 Å². The molecule has 0 radical (unpaired) electrons. The second-order valence-corrected chi connectivity index (χ2v) is 5.13. The molecule has 0 aliphatic heterocycles. The Bertz CT molecular complexity index is 582. The van der Waals surface area contributed by atoms with E-state index in [-0.39, 0.29) is 5.56 Å². The van der Waals surface area contributed by atoms with Crippen molar-refractivity contribution >= 4 is 22.6 Å². The lowest BCUT2D eigenvalue weighted by Crippen LogP contribution is -2.06. The molecule has 0 heterocycles. The third-order valence-electron chi connectivity index (χ3n) is 2.77. The topological polar surface area (TPSA) is 20.2 Å². The van der Waals surface area contributed by atoms with Crippen LogP contribution >= 0.6 is 22.6 Å². The maximum Gasteiger partial charge on any atom is 0.129 e. The predicted molar refractivity (Wildman–Crippen MR) is 74.3 cm³/mol. The van der Waals surface area contributed by atoms with Crippen LogP contribution in [0.2, 0.25) is 0 Å². The van der Waals surface area contributed by atoms with Crippen molar-refractivity contribution in [1.82, 2.24) is 0 Å². The normalized spacial score (nSPS) is 12.5. The summed E-state index contributed by atoms with van der Waals surface area (Å²) < 4.78 is 27.6. The van der Waals surface area contributed by atoms with Gasteiger partial charge in [0, 0.05) is 9.13 Å². The van der Waals surface area contributed by atoms with Gasteiger partial charge in [-0.2, -0.15) is 0 Å². The van der Waals surface area contributed by atoms with E-state index in [0.717, 1.165) is 27.3 Å². The summed E-state index contributed by atoms with van der Waals surface area (Å²) in [6, 6.07) is 8.48. The third-order valence-corrected chi connectivity index (χ3v) is 4.24. The first-order valence-corrected chi connectivity index (χ1v) is 6.46. The average Bonchev–Trinajstić information content (AvgIpc) is 2.35. The summed E-state index contributed by atoms with van der Waals surface area (Å²) in [5.41, 5.74) is 1.53. The zero-order valence-electron chi connectivity index (χ0n) is 9.62. The van der Waals surface area contributed by atoms with Gasteiger partial charge in [0.15, 0.2) is 0 Å². The van der Waals surface area contributed by atoms with Crippen molar-refractivity contribution in [2.24, 2.45) is 0 Å². The zero-order chi connectivity index (χ0) is 13.3. The molecule has 0 amide bonds. The standard InChI is InChI=1S/C14H11F2IO/c1-8-3-2-4-10(13(8)17)14(18)11-7-9(15)5-6-12(11)16/h2-7,14,18H,1H3. The molecule has 1 nitrogen and oxygen atoms in total. The van der Waals surface area contributed by atoms with Crippen LogP contribution in [0.15, 0.2) is 36.4 Å². The predicted octanol–water partition coefficient (Wildman–Crippen LogP) is 3.96. The van der Waals surface area contributed by atoms with Crippen molar-refractivity contribution in [2.45, 2.75) is 13.0 Å². The van der Waals surface area contributed by atoms with Gasteiger partial charge < -0.3 is 5.11 Å². The summed E-state index contributed by atoms with van der Waals surface area (Å²) in [5.74, 6) is -1.17. The number of aliphatic hydroxyl groups excluding tert-OH is 1. The zero-order valence-corrected chi connectivity index (χ0v) is 11.8. The van der Waals surface area contributed by atoms with Gasteiger partial charge >= 0.3 is 0 Å². The molecule has 18 heavy (non-hydrogen) atoms. The van der Waals surface area contributed by atoms with Gasteiger partial charge in [-0.05, 0) is 58.8 Å². The SMILES string of the molecule is Cc1cccc(C(O)c2cc(F)ccc2F)c1I. The lowest BCUT2D eigenvalue weighted by molar-refractivity contribution is 0.213.